The van der Waals surface area contributed by atoms with Crippen LogP contribution in [0.3, 0.4) is 0 Å². The SMILES string of the molecule is N#Cc1c(CCc2ccccc2OCC(=O)O)[nH]c(=S)[nH]c1=O. The van der Waals surface area contributed by atoms with Gasteiger partial charge in [0.05, 0.1) is 0 Å². The number of aromatic amines is 2. The fourth-order valence-corrected chi connectivity index (χ4v) is 2.31. The molecule has 0 amide bonds. The Labute approximate surface area is 136 Å². The molecule has 2 rings (SSSR count). The average molecular weight is 331 g/mol. The largest absolute Gasteiger partial charge is 0.482 e. The lowest BCUT2D eigenvalue weighted by Crippen LogP contribution is -2.16. The van der Waals surface area contributed by atoms with E-state index in [0.717, 1.165) is 5.56 Å². The number of H-pyrrole nitrogens is 2. The molecule has 0 spiro atoms. The Morgan fingerprint density at radius 3 is 2.74 bits per heavy atom. The first-order valence-corrected chi connectivity index (χ1v) is 7.10. The first kappa shape index (κ1) is 16.5. The topological polar surface area (TPSA) is 119 Å². The maximum atomic E-state index is 11.7. The molecular formula is C15H13N3O4S. The summed E-state index contributed by atoms with van der Waals surface area (Å²) in [4.78, 5) is 27.5. The monoisotopic (exact) mass is 331 g/mol. The van der Waals surface area contributed by atoms with Crippen LogP contribution in [0.1, 0.15) is 16.8 Å². The van der Waals surface area contributed by atoms with Crippen molar-refractivity contribution >= 4 is 18.2 Å². The number of carboxylic acid groups (broad SMARTS) is 1. The second-order valence-corrected chi connectivity index (χ2v) is 5.07. The standard InChI is InChI=1S/C15H13N3O4S/c16-7-10-11(17-15(23)18-14(10)21)6-5-9-3-1-2-4-12(9)22-8-13(19)20/h1-4H,5-6,8H2,(H,19,20)(H2,17,18,21,23). The van der Waals surface area contributed by atoms with E-state index in [9.17, 15) is 9.59 Å². The molecule has 1 heterocycles. The molecule has 0 fully saturated rings. The maximum absolute atomic E-state index is 11.7. The highest BCUT2D eigenvalue weighted by molar-refractivity contribution is 7.71. The van der Waals surface area contributed by atoms with Crippen LogP contribution in [0.2, 0.25) is 0 Å². The summed E-state index contributed by atoms with van der Waals surface area (Å²) in [5.74, 6) is -0.609. The highest BCUT2D eigenvalue weighted by Gasteiger charge is 2.10. The van der Waals surface area contributed by atoms with Crippen molar-refractivity contribution < 1.29 is 14.6 Å². The minimum atomic E-state index is -1.06. The predicted molar refractivity (Wildman–Crippen MR) is 83.9 cm³/mol. The summed E-state index contributed by atoms with van der Waals surface area (Å²) in [5, 5.41) is 17.8. The molecule has 8 heteroatoms. The average Bonchev–Trinajstić information content (AvgIpc) is 2.51. The van der Waals surface area contributed by atoms with Crippen LogP contribution < -0.4 is 10.3 Å². The first-order valence-electron chi connectivity index (χ1n) is 6.69. The molecule has 23 heavy (non-hydrogen) atoms. The fraction of sp³-hybridized carbons (Fsp3) is 0.200. The number of rotatable bonds is 6. The zero-order valence-corrected chi connectivity index (χ0v) is 12.8. The van der Waals surface area contributed by atoms with Gasteiger partial charge in [-0.3, -0.25) is 9.78 Å². The summed E-state index contributed by atoms with van der Waals surface area (Å²) in [6.07, 6.45) is 0.823. The number of aromatic nitrogens is 2. The van der Waals surface area contributed by atoms with Gasteiger partial charge in [0.1, 0.15) is 17.4 Å². The van der Waals surface area contributed by atoms with E-state index in [4.69, 9.17) is 27.3 Å². The zero-order valence-electron chi connectivity index (χ0n) is 12.0. The number of hydrogen-bond acceptors (Lipinski definition) is 5. The van der Waals surface area contributed by atoms with E-state index in [1.807, 2.05) is 6.07 Å². The van der Waals surface area contributed by atoms with Gasteiger partial charge in [0.2, 0.25) is 0 Å². The van der Waals surface area contributed by atoms with Crippen molar-refractivity contribution in [1.29, 1.82) is 5.26 Å². The van der Waals surface area contributed by atoms with Crippen molar-refractivity contribution in [2.75, 3.05) is 6.61 Å². The van der Waals surface area contributed by atoms with Crippen LogP contribution in [-0.2, 0) is 17.6 Å². The lowest BCUT2D eigenvalue weighted by atomic mass is 10.0. The second kappa shape index (κ2) is 7.38. The van der Waals surface area contributed by atoms with E-state index in [1.165, 1.54) is 0 Å². The summed E-state index contributed by atoms with van der Waals surface area (Å²) in [6.45, 7) is -0.437. The van der Waals surface area contributed by atoms with Crippen LogP contribution in [0.25, 0.3) is 0 Å². The molecule has 0 aliphatic rings. The van der Waals surface area contributed by atoms with Gasteiger partial charge in [-0.2, -0.15) is 5.26 Å². The number of carboxylic acids is 1. The van der Waals surface area contributed by atoms with E-state index >= 15 is 0 Å². The van der Waals surface area contributed by atoms with E-state index in [1.54, 1.807) is 24.3 Å². The quantitative estimate of drug-likeness (QED) is 0.691. The third kappa shape index (κ3) is 4.28. The van der Waals surface area contributed by atoms with Crippen LogP contribution in [0.4, 0.5) is 0 Å². The Balaban J connectivity index is 2.22. The van der Waals surface area contributed by atoms with Crippen molar-refractivity contribution in [2.24, 2.45) is 0 Å². The minimum Gasteiger partial charge on any atom is -0.482 e. The molecule has 1 aromatic carbocycles. The van der Waals surface area contributed by atoms with E-state index < -0.39 is 18.1 Å². The number of para-hydroxylation sites is 1. The first-order chi connectivity index (χ1) is 11.0. The lowest BCUT2D eigenvalue weighted by Gasteiger charge is -2.10. The lowest BCUT2D eigenvalue weighted by molar-refractivity contribution is -0.139. The highest BCUT2D eigenvalue weighted by atomic mass is 32.1. The van der Waals surface area contributed by atoms with Crippen LogP contribution >= 0.6 is 12.2 Å². The molecule has 7 nitrogen and oxygen atoms in total. The molecule has 0 aliphatic carbocycles. The van der Waals surface area contributed by atoms with Gasteiger partial charge in [0, 0.05) is 5.69 Å². The Bertz CT molecular complexity index is 879. The molecule has 0 unspecified atom stereocenters. The molecule has 2 aromatic rings. The van der Waals surface area contributed by atoms with Gasteiger partial charge in [-0.25, -0.2) is 4.79 Å². The van der Waals surface area contributed by atoms with Crippen molar-refractivity contribution in [3.05, 3.63) is 56.2 Å². The number of carbonyl (C=O) groups is 1. The van der Waals surface area contributed by atoms with E-state index in [2.05, 4.69) is 9.97 Å². The van der Waals surface area contributed by atoms with E-state index in [0.29, 0.717) is 24.3 Å². The number of aliphatic carboxylic acids is 1. The van der Waals surface area contributed by atoms with Gasteiger partial charge in [-0.1, -0.05) is 18.2 Å². The smallest absolute Gasteiger partial charge is 0.341 e. The maximum Gasteiger partial charge on any atom is 0.341 e. The number of hydrogen-bond donors (Lipinski definition) is 3. The van der Waals surface area contributed by atoms with Gasteiger partial charge >= 0.3 is 5.97 Å². The van der Waals surface area contributed by atoms with Gasteiger partial charge in [-0.15, -0.1) is 0 Å². The number of aryl methyl sites for hydroxylation is 2. The third-order valence-corrected chi connectivity index (χ3v) is 3.30. The van der Waals surface area contributed by atoms with Crippen molar-refractivity contribution in [3.8, 4) is 11.8 Å². The minimum absolute atomic E-state index is 0.0115. The number of nitrogens with one attached hydrogen (secondary N) is 2. The summed E-state index contributed by atoms with van der Waals surface area (Å²) in [5.41, 5.74) is 0.677. The number of nitrogens with zero attached hydrogens (tertiary/aromatic N) is 1. The molecule has 0 aliphatic heterocycles. The number of ether oxygens (including phenoxy) is 1. The molecule has 0 bridgehead atoms. The van der Waals surface area contributed by atoms with Crippen LogP contribution in [0, 0.1) is 16.1 Å². The Kier molecular flexibility index (Phi) is 5.28. The molecular weight excluding hydrogens is 318 g/mol. The normalized spacial score (nSPS) is 10.0. The molecule has 0 saturated heterocycles. The van der Waals surface area contributed by atoms with Crippen LogP contribution in [-0.4, -0.2) is 27.7 Å². The second-order valence-electron chi connectivity index (χ2n) is 4.66. The molecule has 0 radical (unpaired) electrons. The van der Waals surface area contributed by atoms with Crippen LogP contribution in [0.5, 0.6) is 5.75 Å². The van der Waals surface area contributed by atoms with Crippen molar-refractivity contribution in [3.63, 3.8) is 0 Å². The molecule has 0 saturated carbocycles. The number of benzene rings is 1. The van der Waals surface area contributed by atoms with Crippen molar-refractivity contribution in [2.45, 2.75) is 12.8 Å². The Hall–Kier alpha value is -2.92. The summed E-state index contributed by atoms with van der Waals surface area (Å²) < 4.78 is 5.38. The van der Waals surface area contributed by atoms with Crippen molar-refractivity contribution in [1.82, 2.24) is 9.97 Å². The fourth-order valence-electron chi connectivity index (χ4n) is 2.09. The summed E-state index contributed by atoms with van der Waals surface area (Å²) in [7, 11) is 0. The summed E-state index contributed by atoms with van der Waals surface area (Å²) >= 11 is 4.91. The molecule has 1 aromatic heterocycles. The van der Waals surface area contributed by atoms with Gasteiger partial charge in [-0.05, 0) is 36.7 Å². The molecule has 0 atom stereocenters. The van der Waals surface area contributed by atoms with Gasteiger partial charge in [0.25, 0.3) is 5.56 Å². The molecule has 118 valence electrons. The highest BCUT2D eigenvalue weighted by Crippen LogP contribution is 2.20. The zero-order chi connectivity index (χ0) is 16.8. The van der Waals surface area contributed by atoms with Crippen LogP contribution in [0.15, 0.2) is 29.1 Å². The summed E-state index contributed by atoms with van der Waals surface area (Å²) in [6, 6.07) is 8.86. The Morgan fingerprint density at radius 1 is 1.30 bits per heavy atom. The Morgan fingerprint density at radius 2 is 2.04 bits per heavy atom. The number of nitriles is 1. The van der Waals surface area contributed by atoms with Gasteiger partial charge in [0.15, 0.2) is 11.4 Å². The van der Waals surface area contributed by atoms with Gasteiger partial charge < -0.3 is 14.8 Å². The van der Waals surface area contributed by atoms with E-state index in [-0.39, 0.29) is 10.3 Å². The predicted octanol–water partition coefficient (Wildman–Crippen LogP) is 1.55. The molecule has 3 N–H and O–H groups in total. The third-order valence-electron chi connectivity index (χ3n) is 3.10.